The molecule has 0 saturated carbocycles. The highest BCUT2D eigenvalue weighted by Gasteiger charge is 2.40. The van der Waals surface area contributed by atoms with Crippen molar-refractivity contribution in [3.8, 4) is 0 Å². The number of hydrogen-bond donors (Lipinski definition) is 0. The van der Waals surface area contributed by atoms with Crippen LogP contribution in [0.3, 0.4) is 0 Å². The molecule has 80 valence electrons. The highest BCUT2D eigenvalue weighted by Crippen LogP contribution is 2.45. The summed E-state index contributed by atoms with van der Waals surface area (Å²) < 4.78 is 0. The molecule has 2 unspecified atom stereocenters. The molecule has 0 aromatic carbocycles. The van der Waals surface area contributed by atoms with Crippen molar-refractivity contribution in [2.45, 2.75) is 18.9 Å². The molecule has 0 amide bonds. The summed E-state index contributed by atoms with van der Waals surface area (Å²) >= 11 is 3.65. The molecule has 1 aliphatic heterocycles. The maximum absolute atomic E-state index is 8.76. The van der Waals surface area contributed by atoms with Crippen LogP contribution in [-0.2, 0) is 5.54 Å². The smallest absolute Gasteiger partial charge is 0.0871 e. The normalized spacial score (nSPS) is 30.9. The van der Waals surface area contributed by atoms with Crippen molar-refractivity contribution in [2.24, 2.45) is 11.0 Å². The molecule has 1 aliphatic rings. The van der Waals surface area contributed by atoms with Gasteiger partial charge >= 0.3 is 0 Å². The summed E-state index contributed by atoms with van der Waals surface area (Å²) in [5.74, 6) is 2.59. The van der Waals surface area contributed by atoms with Crippen molar-refractivity contribution in [2.75, 3.05) is 11.5 Å². The van der Waals surface area contributed by atoms with Crippen LogP contribution in [0, 0.1) is 5.92 Å². The van der Waals surface area contributed by atoms with E-state index in [-0.39, 0.29) is 5.54 Å². The molecule has 2 rings (SSSR count). The maximum atomic E-state index is 8.76. The highest BCUT2D eigenvalue weighted by atomic mass is 32.2. The Hall–Kier alpha value is -0.640. The molecule has 0 radical (unpaired) electrons. The fraction of sp³-hybridized carbons (Fsp3) is 0.600. The number of azide groups is 1. The molecule has 0 aliphatic carbocycles. The average Bonchev–Trinajstić information content (AvgIpc) is 2.75. The molecule has 2 heterocycles. The number of thiophene rings is 1. The van der Waals surface area contributed by atoms with Gasteiger partial charge in [0.05, 0.1) is 5.54 Å². The van der Waals surface area contributed by atoms with E-state index in [0.717, 1.165) is 17.9 Å². The molecule has 1 fully saturated rings. The van der Waals surface area contributed by atoms with Gasteiger partial charge in [0.15, 0.2) is 0 Å². The Labute approximate surface area is 97.5 Å². The lowest BCUT2D eigenvalue weighted by atomic mass is 9.83. The predicted octanol–water partition coefficient (Wildman–Crippen LogP) is 4.03. The average molecular weight is 239 g/mol. The third kappa shape index (κ3) is 1.87. The predicted molar refractivity (Wildman–Crippen MR) is 66.2 cm³/mol. The fourth-order valence-corrected chi connectivity index (χ4v) is 4.30. The molecular formula is C10H13N3S2. The second-order valence-electron chi connectivity index (χ2n) is 3.82. The van der Waals surface area contributed by atoms with Crippen LogP contribution in [0.25, 0.3) is 10.4 Å². The SMILES string of the molecule is CC1CSCCC1(N=[N+]=[N-])c1cccs1. The zero-order valence-corrected chi connectivity index (χ0v) is 10.2. The van der Waals surface area contributed by atoms with Gasteiger partial charge in [0.25, 0.3) is 0 Å². The van der Waals surface area contributed by atoms with Crippen LogP contribution in [0.2, 0.25) is 0 Å². The molecule has 1 saturated heterocycles. The summed E-state index contributed by atoms with van der Waals surface area (Å²) in [6.45, 7) is 2.18. The Morgan fingerprint density at radius 1 is 1.67 bits per heavy atom. The second-order valence-corrected chi connectivity index (χ2v) is 5.91. The van der Waals surface area contributed by atoms with Gasteiger partial charge < -0.3 is 0 Å². The van der Waals surface area contributed by atoms with Gasteiger partial charge in [0.1, 0.15) is 0 Å². The lowest BCUT2D eigenvalue weighted by molar-refractivity contribution is 0.310. The first kappa shape index (κ1) is 10.9. The van der Waals surface area contributed by atoms with E-state index in [1.807, 2.05) is 17.8 Å². The van der Waals surface area contributed by atoms with Crippen LogP contribution in [0.1, 0.15) is 18.2 Å². The maximum Gasteiger partial charge on any atom is 0.0871 e. The van der Waals surface area contributed by atoms with Gasteiger partial charge in [0, 0.05) is 9.79 Å². The Morgan fingerprint density at radius 2 is 2.53 bits per heavy atom. The van der Waals surface area contributed by atoms with E-state index < -0.39 is 0 Å². The van der Waals surface area contributed by atoms with Crippen LogP contribution >= 0.6 is 23.1 Å². The quantitative estimate of drug-likeness (QED) is 0.436. The molecule has 15 heavy (non-hydrogen) atoms. The minimum Gasteiger partial charge on any atom is -0.162 e. The summed E-state index contributed by atoms with van der Waals surface area (Å²) in [4.78, 5) is 4.28. The first-order valence-corrected chi connectivity index (χ1v) is 7.01. The van der Waals surface area contributed by atoms with Crippen molar-refractivity contribution < 1.29 is 0 Å². The van der Waals surface area contributed by atoms with Crippen LogP contribution in [-0.4, -0.2) is 11.5 Å². The van der Waals surface area contributed by atoms with Crippen LogP contribution in [0.15, 0.2) is 22.6 Å². The van der Waals surface area contributed by atoms with Crippen molar-refractivity contribution in [3.63, 3.8) is 0 Å². The molecule has 2 atom stereocenters. The zero-order chi connectivity index (χ0) is 10.7. The first-order valence-electron chi connectivity index (χ1n) is 4.97. The molecule has 0 spiro atoms. The Balaban J connectivity index is 2.43. The van der Waals surface area contributed by atoms with E-state index in [4.69, 9.17) is 5.53 Å². The van der Waals surface area contributed by atoms with Crippen LogP contribution in [0.4, 0.5) is 0 Å². The first-order chi connectivity index (χ1) is 7.29. The molecule has 0 N–H and O–H groups in total. The Morgan fingerprint density at radius 3 is 3.13 bits per heavy atom. The summed E-state index contributed by atoms with van der Waals surface area (Å²) in [6.07, 6.45) is 0.962. The molecular weight excluding hydrogens is 226 g/mol. The third-order valence-corrected chi connectivity index (χ3v) is 5.25. The lowest BCUT2D eigenvalue weighted by Gasteiger charge is -2.37. The van der Waals surface area contributed by atoms with Gasteiger partial charge in [-0.25, -0.2) is 0 Å². The van der Waals surface area contributed by atoms with Crippen molar-refractivity contribution in [3.05, 3.63) is 32.8 Å². The second kappa shape index (κ2) is 4.47. The largest absolute Gasteiger partial charge is 0.162 e. The molecule has 1 aromatic heterocycles. The summed E-state index contributed by atoms with van der Waals surface area (Å²) in [5, 5.41) is 6.17. The lowest BCUT2D eigenvalue weighted by Crippen LogP contribution is -2.35. The number of hydrogen-bond acceptors (Lipinski definition) is 3. The molecule has 5 heteroatoms. The summed E-state index contributed by atoms with van der Waals surface area (Å²) in [7, 11) is 0. The minimum absolute atomic E-state index is 0.284. The van der Waals surface area contributed by atoms with Gasteiger partial charge in [-0.15, -0.1) is 11.3 Å². The fourth-order valence-electron chi connectivity index (χ4n) is 2.04. The van der Waals surface area contributed by atoms with E-state index in [1.165, 1.54) is 4.88 Å². The van der Waals surface area contributed by atoms with E-state index in [9.17, 15) is 0 Å². The van der Waals surface area contributed by atoms with E-state index in [0.29, 0.717) is 5.92 Å². The van der Waals surface area contributed by atoms with Gasteiger partial charge in [-0.05, 0) is 40.8 Å². The van der Waals surface area contributed by atoms with Gasteiger partial charge in [0.2, 0.25) is 0 Å². The highest BCUT2D eigenvalue weighted by molar-refractivity contribution is 7.99. The van der Waals surface area contributed by atoms with Gasteiger partial charge in [-0.1, -0.05) is 18.1 Å². The molecule has 1 aromatic rings. The van der Waals surface area contributed by atoms with Gasteiger partial charge in [-0.3, -0.25) is 0 Å². The van der Waals surface area contributed by atoms with E-state index >= 15 is 0 Å². The van der Waals surface area contributed by atoms with Crippen molar-refractivity contribution in [1.29, 1.82) is 0 Å². The van der Waals surface area contributed by atoms with E-state index in [1.54, 1.807) is 11.3 Å². The summed E-state index contributed by atoms with van der Waals surface area (Å²) in [6, 6.07) is 4.12. The standard InChI is InChI=1S/C10H13N3S2/c1-8-7-14-6-4-10(8,12-13-11)9-3-2-5-15-9/h2-3,5,8H,4,6-7H2,1H3. The Bertz CT molecular complexity index is 370. The minimum atomic E-state index is -0.284. The van der Waals surface area contributed by atoms with Crippen molar-refractivity contribution in [1.82, 2.24) is 0 Å². The monoisotopic (exact) mass is 239 g/mol. The molecule has 0 bridgehead atoms. The zero-order valence-electron chi connectivity index (χ0n) is 8.59. The number of thioether (sulfide) groups is 1. The van der Waals surface area contributed by atoms with Crippen LogP contribution in [0.5, 0.6) is 0 Å². The third-order valence-electron chi connectivity index (χ3n) is 2.98. The van der Waals surface area contributed by atoms with Crippen molar-refractivity contribution >= 4 is 23.1 Å². The molecule has 3 nitrogen and oxygen atoms in total. The topological polar surface area (TPSA) is 48.8 Å². The van der Waals surface area contributed by atoms with Crippen LogP contribution < -0.4 is 0 Å². The summed E-state index contributed by atoms with van der Waals surface area (Å²) in [5.41, 5.74) is 8.47. The number of nitrogens with zero attached hydrogens (tertiary/aromatic N) is 3. The van der Waals surface area contributed by atoms with E-state index in [2.05, 4.69) is 28.4 Å². The Kier molecular flexibility index (Phi) is 3.24. The van der Waals surface area contributed by atoms with Gasteiger partial charge in [-0.2, -0.15) is 11.8 Å². The number of rotatable bonds is 2.